The van der Waals surface area contributed by atoms with Crippen molar-refractivity contribution in [2.45, 2.75) is 5.60 Å². The Bertz CT molecular complexity index is 817. The van der Waals surface area contributed by atoms with Gasteiger partial charge in [0.2, 0.25) is 0 Å². The first-order valence-corrected chi connectivity index (χ1v) is 10.7. The van der Waals surface area contributed by atoms with Crippen molar-refractivity contribution in [3.8, 4) is 0 Å². The molecule has 3 aromatic carbocycles. The second-order valence-corrected chi connectivity index (χ2v) is 8.87. The third kappa shape index (κ3) is 3.64. The second-order valence-electron chi connectivity index (χ2n) is 5.44. The van der Waals surface area contributed by atoms with Crippen LogP contribution in [0, 0.1) is 0 Å². The first-order chi connectivity index (χ1) is 12.1. The van der Waals surface area contributed by atoms with Gasteiger partial charge in [0.05, 0.1) is 0 Å². The van der Waals surface area contributed by atoms with Crippen LogP contribution in [0.1, 0.15) is 16.7 Å². The molecule has 0 aromatic heterocycles. The van der Waals surface area contributed by atoms with Gasteiger partial charge in [-0.15, -0.1) is 0 Å². The molecule has 128 valence electrons. The molecular weight excluding hydrogens is 372 g/mol. The molecule has 0 atom stereocenters. The number of rotatable bonds is 6. The first kappa shape index (κ1) is 17.7. The summed E-state index contributed by atoms with van der Waals surface area (Å²) in [6.45, 7) is 0. The monoisotopic (exact) mass is 390 g/mol. The Balaban J connectivity index is 2.36. The van der Waals surface area contributed by atoms with E-state index in [1.807, 2.05) is 91.0 Å². The van der Waals surface area contributed by atoms with Crippen molar-refractivity contribution in [3.63, 3.8) is 0 Å². The Morgan fingerprint density at radius 1 is 0.640 bits per heavy atom. The molecular formula is C19H18CrO4Si. The molecule has 0 fully saturated rings. The van der Waals surface area contributed by atoms with E-state index in [2.05, 4.69) is 0 Å². The summed E-state index contributed by atoms with van der Waals surface area (Å²) >= 11 is -5.00. The molecule has 0 saturated heterocycles. The zero-order chi connectivity index (χ0) is 17.8. The van der Waals surface area contributed by atoms with E-state index in [1.54, 1.807) is 0 Å². The van der Waals surface area contributed by atoms with Crippen molar-refractivity contribution in [1.82, 2.24) is 0 Å². The zero-order valence-corrected chi connectivity index (χ0v) is 17.0. The fraction of sp³-hybridized carbons (Fsp3) is 0.0526. The topological polar surface area (TPSA) is 52.6 Å². The Morgan fingerprint density at radius 2 is 0.960 bits per heavy atom. The van der Waals surface area contributed by atoms with E-state index in [0.717, 1.165) is 16.7 Å². The van der Waals surface area contributed by atoms with Crippen molar-refractivity contribution in [2.75, 3.05) is 0 Å². The second kappa shape index (κ2) is 7.44. The predicted octanol–water partition coefficient (Wildman–Crippen LogP) is 2.97. The van der Waals surface area contributed by atoms with Crippen molar-refractivity contribution in [3.05, 3.63) is 108 Å². The molecule has 0 saturated carbocycles. The van der Waals surface area contributed by atoms with E-state index >= 15 is 0 Å². The maximum absolute atomic E-state index is 12.4. The van der Waals surface area contributed by atoms with Crippen LogP contribution < -0.4 is 0 Å². The fourth-order valence-electron chi connectivity index (χ4n) is 2.85. The van der Waals surface area contributed by atoms with Gasteiger partial charge < -0.3 is 0 Å². The van der Waals surface area contributed by atoms with E-state index in [9.17, 15) is 7.61 Å². The van der Waals surface area contributed by atoms with Crippen LogP contribution in [-0.2, 0) is 34.1 Å². The summed E-state index contributed by atoms with van der Waals surface area (Å²) in [6, 6.07) is 28.0. The summed E-state index contributed by atoms with van der Waals surface area (Å²) in [6.07, 6.45) is 0. The molecule has 0 aliphatic heterocycles. The molecule has 25 heavy (non-hydrogen) atoms. The Kier molecular flexibility index (Phi) is 5.28. The normalized spacial score (nSPS) is 12.2. The van der Waals surface area contributed by atoms with Gasteiger partial charge in [-0.2, -0.15) is 0 Å². The number of hydrogen-bond acceptors (Lipinski definition) is 4. The van der Waals surface area contributed by atoms with Gasteiger partial charge in [0.1, 0.15) is 0 Å². The quantitative estimate of drug-likeness (QED) is 0.480. The maximum atomic E-state index is 12.4. The summed E-state index contributed by atoms with van der Waals surface area (Å²) in [5.41, 5.74) is 0.871. The molecule has 6 heteroatoms. The van der Waals surface area contributed by atoms with Crippen LogP contribution in [0.5, 0.6) is 0 Å². The molecule has 3 rings (SSSR count). The van der Waals surface area contributed by atoms with Gasteiger partial charge in [-0.3, -0.25) is 0 Å². The standard InChI is InChI=1S/C19H15O.Cr.H3OSi.2O/c20-19(16-10-4-1-5-11-16,17-12-6-2-7-13-17)18-14-8-3-9-15-18;;1-2;;/h1-15H;;2H3;;/q-1;+2;-1;;. The Morgan fingerprint density at radius 3 is 1.24 bits per heavy atom. The third-order valence-corrected chi connectivity index (χ3v) is 7.00. The van der Waals surface area contributed by atoms with Crippen LogP contribution in [0.25, 0.3) is 0 Å². The summed E-state index contributed by atoms with van der Waals surface area (Å²) in [4.78, 5) is 0. The van der Waals surface area contributed by atoms with E-state index in [-0.39, 0.29) is 10.5 Å². The molecule has 3 aromatic rings. The van der Waals surface area contributed by atoms with Crippen LogP contribution in [0.15, 0.2) is 91.0 Å². The van der Waals surface area contributed by atoms with Crippen LogP contribution in [0.2, 0.25) is 0 Å². The molecule has 0 unspecified atom stereocenters. The van der Waals surface area contributed by atoms with Gasteiger partial charge in [-0.25, -0.2) is 0 Å². The van der Waals surface area contributed by atoms with Crippen LogP contribution in [0.4, 0.5) is 0 Å². The summed E-state index contributed by atoms with van der Waals surface area (Å²) < 4.78 is 35.4. The van der Waals surface area contributed by atoms with Gasteiger partial charge in [0, 0.05) is 0 Å². The molecule has 0 heterocycles. The average Bonchev–Trinajstić information content (AvgIpc) is 2.68. The molecule has 0 N–H and O–H groups in total. The van der Waals surface area contributed by atoms with Gasteiger partial charge >= 0.3 is 152 Å². The fourth-order valence-corrected chi connectivity index (χ4v) is 4.17. The molecule has 0 bridgehead atoms. The minimum absolute atomic E-state index is 0.0473. The molecule has 4 nitrogen and oxygen atoms in total. The zero-order valence-electron chi connectivity index (χ0n) is 13.7. The summed E-state index contributed by atoms with van der Waals surface area (Å²) in [5, 5.41) is 0. The Hall–Kier alpha value is -2.07. The van der Waals surface area contributed by atoms with Crippen LogP contribution in [0.3, 0.4) is 0 Å². The van der Waals surface area contributed by atoms with E-state index in [1.165, 1.54) is 0 Å². The first-order valence-electron chi connectivity index (χ1n) is 7.76. The number of hydrogen-bond donors (Lipinski definition) is 0. The molecule has 0 aliphatic carbocycles. The van der Waals surface area contributed by atoms with Crippen molar-refractivity contribution in [1.29, 1.82) is 0 Å². The number of benzene rings is 3. The van der Waals surface area contributed by atoms with E-state index < -0.39 is 19.2 Å². The molecule has 0 amide bonds. The van der Waals surface area contributed by atoms with Crippen molar-refractivity contribution >= 4 is 10.5 Å². The van der Waals surface area contributed by atoms with Crippen LogP contribution in [-0.4, -0.2) is 10.5 Å². The molecule has 0 aliphatic rings. The SMILES string of the molecule is [O]=[Cr](=[O])([O][SiH3])[O]C(c1ccccc1)(c1ccccc1)c1ccccc1. The van der Waals surface area contributed by atoms with Gasteiger partial charge in [0.25, 0.3) is 0 Å². The molecule has 0 radical (unpaired) electrons. The summed E-state index contributed by atoms with van der Waals surface area (Å²) in [7, 11) is 0.0473. The van der Waals surface area contributed by atoms with Crippen LogP contribution >= 0.6 is 0 Å². The van der Waals surface area contributed by atoms with Crippen molar-refractivity contribution in [2.24, 2.45) is 0 Å². The van der Waals surface area contributed by atoms with E-state index in [4.69, 9.17) is 7.27 Å². The molecule has 0 spiro atoms. The van der Waals surface area contributed by atoms with E-state index in [0.29, 0.717) is 0 Å². The predicted molar refractivity (Wildman–Crippen MR) is 92.7 cm³/mol. The van der Waals surface area contributed by atoms with Crippen molar-refractivity contribution < 1.29 is 28.5 Å². The third-order valence-electron chi connectivity index (χ3n) is 3.97. The summed E-state index contributed by atoms with van der Waals surface area (Å²) in [5.74, 6) is 0. The minimum atomic E-state index is -5.00. The Labute approximate surface area is 152 Å². The van der Waals surface area contributed by atoms with Gasteiger partial charge in [-0.05, 0) is 0 Å². The van der Waals surface area contributed by atoms with Gasteiger partial charge in [0.15, 0.2) is 0 Å². The average molecular weight is 390 g/mol. The van der Waals surface area contributed by atoms with Gasteiger partial charge in [-0.1, -0.05) is 0 Å².